The maximum Gasteiger partial charge on any atom is 0.161 e. The third-order valence-corrected chi connectivity index (χ3v) is 10.6. The van der Waals surface area contributed by atoms with Gasteiger partial charge in [0.1, 0.15) is 11.2 Å². The van der Waals surface area contributed by atoms with Gasteiger partial charge in [-0.2, -0.15) is 0 Å². The number of aliphatic imine (C=N–C) groups is 3. The van der Waals surface area contributed by atoms with Gasteiger partial charge in [0.05, 0.1) is 17.6 Å². The Morgan fingerprint density at radius 1 is 0.491 bits per heavy atom. The summed E-state index contributed by atoms with van der Waals surface area (Å²) in [5.74, 6) is 1.09. The number of hydrogen-bond acceptors (Lipinski definition) is 2. The van der Waals surface area contributed by atoms with Crippen molar-refractivity contribution >= 4 is 62.1 Å². The Morgan fingerprint density at radius 2 is 1.16 bits per heavy atom. The maximum absolute atomic E-state index is 6.25. The van der Waals surface area contributed by atoms with Gasteiger partial charge in [-0.1, -0.05) is 146 Å². The summed E-state index contributed by atoms with van der Waals surface area (Å²) >= 11 is 0. The zero-order chi connectivity index (χ0) is 38.1. The predicted molar refractivity (Wildman–Crippen MR) is 238 cm³/mol. The molecule has 0 aliphatic carbocycles. The topological polar surface area (TPSA) is 55.1 Å². The SMILES string of the molecule is C=N/C(=N\C(=N/Cc1ccccc1)c1cccc(-n2c3ccccc3c3cc(-c4cccc5oc6ccccc6c45)ccc32)c1)c1cccc(-c2ccccc2)c1. The van der Waals surface area contributed by atoms with Gasteiger partial charge < -0.3 is 8.98 Å². The summed E-state index contributed by atoms with van der Waals surface area (Å²) in [7, 11) is 0. The molecule has 0 fully saturated rings. The van der Waals surface area contributed by atoms with E-state index < -0.39 is 0 Å². The van der Waals surface area contributed by atoms with Crippen molar-refractivity contribution in [2.75, 3.05) is 0 Å². The summed E-state index contributed by atoms with van der Waals surface area (Å²) < 4.78 is 8.59. The van der Waals surface area contributed by atoms with E-state index in [2.05, 4.69) is 144 Å². The third kappa shape index (κ3) is 6.31. The van der Waals surface area contributed by atoms with Crippen LogP contribution in [0, 0.1) is 0 Å². The molecule has 0 aliphatic heterocycles. The van der Waals surface area contributed by atoms with Crippen LogP contribution in [-0.2, 0) is 6.54 Å². The molecule has 0 radical (unpaired) electrons. The number of rotatable bonds is 7. The molecule has 0 amide bonds. The Hall–Kier alpha value is -7.63. The highest BCUT2D eigenvalue weighted by atomic mass is 16.3. The minimum atomic E-state index is 0.467. The lowest BCUT2D eigenvalue weighted by Gasteiger charge is -2.12. The number of amidine groups is 2. The van der Waals surface area contributed by atoms with Crippen LogP contribution >= 0.6 is 0 Å². The van der Waals surface area contributed by atoms with E-state index in [0.29, 0.717) is 18.2 Å². The summed E-state index contributed by atoms with van der Waals surface area (Å²) in [5, 5.41) is 4.60. The quantitative estimate of drug-likeness (QED) is 0.119. The number of hydrogen-bond donors (Lipinski definition) is 0. The summed E-state index contributed by atoms with van der Waals surface area (Å²) in [4.78, 5) is 14.7. The highest BCUT2D eigenvalue weighted by Gasteiger charge is 2.17. The van der Waals surface area contributed by atoms with Gasteiger partial charge in [-0.3, -0.25) is 4.99 Å². The maximum atomic E-state index is 6.25. The fourth-order valence-corrected chi connectivity index (χ4v) is 7.92. The molecule has 0 aliphatic rings. The minimum Gasteiger partial charge on any atom is -0.456 e. The van der Waals surface area contributed by atoms with Gasteiger partial charge in [-0.05, 0) is 83.1 Å². The molecular weight excluding hydrogens is 697 g/mol. The average Bonchev–Trinajstić information content (AvgIpc) is 3.83. The van der Waals surface area contributed by atoms with Crippen LogP contribution in [0.2, 0.25) is 0 Å². The van der Waals surface area contributed by atoms with Crippen LogP contribution in [0.3, 0.4) is 0 Å². The second kappa shape index (κ2) is 14.5. The molecule has 0 atom stereocenters. The second-order valence-corrected chi connectivity index (χ2v) is 14.1. The van der Waals surface area contributed by atoms with Gasteiger partial charge in [0.2, 0.25) is 0 Å². The molecule has 0 bridgehead atoms. The molecular formula is C52H36N4O. The van der Waals surface area contributed by atoms with Crippen molar-refractivity contribution in [1.82, 2.24) is 4.57 Å². The monoisotopic (exact) mass is 732 g/mol. The van der Waals surface area contributed by atoms with Crippen LogP contribution < -0.4 is 0 Å². The summed E-state index contributed by atoms with van der Waals surface area (Å²) in [6.07, 6.45) is 0. The van der Waals surface area contributed by atoms with Crippen molar-refractivity contribution in [1.29, 1.82) is 0 Å². The van der Waals surface area contributed by atoms with Gasteiger partial charge in [-0.15, -0.1) is 0 Å². The fourth-order valence-electron chi connectivity index (χ4n) is 7.92. The van der Waals surface area contributed by atoms with Crippen molar-refractivity contribution in [3.05, 3.63) is 211 Å². The number of nitrogens with zero attached hydrogens (tertiary/aromatic N) is 4. The van der Waals surface area contributed by atoms with E-state index in [-0.39, 0.29) is 0 Å². The number of fused-ring (bicyclic) bond motifs is 6. The molecule has 5 nitrogen and oxygen atoms in total. The first kappa shape index (κ1) is 33.9. The lowest BCUT2D eigenvalue weighted by Crippen LogP contribution is -2.07. The van der Waals surface area contributed by atoms with Crippen LogP contribution in [0.5, 0.6) is 0 Å². The van der Waals surface area contributed by atoms with Crippen molar-refractivity contribution in [2.24, 2.45) is 15.0 Å². The lowest BCUT2D eigenvalue weighted by atomic mass is 9.98. The average molecular weight is 733 g/mol. The molecule has 10 rings (SSSR count). The summed E-state index contributed by atoms with van der Waals surface area (Å²) in [5.41, 5.74) is 12.4. The minimum absolute atomic E-state index is 0.467. The zero-order valence-corrected chi connectivity index (χ0v) is 31.1. The summed E-state index contributed by atoms with van der Waals surface area (Å²) in [6, 6.07) is 67.3. The van der Waals surface area contributed by atoms with Crippen LogP contribution in [0.1, 0.15) is 16.7 Å². The summed E-state index contributed by atoms with van der Waals surface area (Å²) in [6.45, 7) is 4.41. The van der Waals surface area contributed by atoms with Gasteiger partial charge in [0.25, 0.3) is 0 Å². The van der Waals surface area contributed by atoms with Crippen LogP contribution in [-0.4, -0.2) is 23.0 Å². The Labute approximate surface area is 330 Å². The van der Waals surface area contributed by atoms with E-state index in [9.17, 15) is 0 Å². The van der Waals surface area contributed by atoms with E-state index in [1.807, 2.05) is 66.7 Å². The number of aromatic nitrogens is 1. The molecule has 2 heterocycles. The van der Waals surface area contributed by atoms with E-state index in [4.69, 9.17) is 14.4 Å². The number of furan rings is 1. The fraction of sp³-hybridized carbons (Fsp3) is 0.0192. The first-order valence-corrected chi connectivity index (χ1v) is 19.1. The number of para-hydroxylation sites is 2. The third-order valence-electron chi connectivity index (χ3n) is 10.6. The molecule has 0 saturated heterocycles. The molecule has 10 aromatic rings. The van der Waals surface area contributed by atoms with Crippen LogP contribution in [0.4, 0.5) is 0 Å². The molecule has 8 aromatic carbocycles. The van der Waals surface area contributed by atoms with Crippen molar-refractivity contribution in [3.63, 3.8) is 0 Å². The van der Waals surface area contributed by atoms with Gasteiger partial charge in [0, 0.05) is 38.4 Å². The Bertz CT molecular complexity index is 3170. The molecule has 0 N–H and O–H groups in total. The van der Waals surface area contributed by atoms with Crippen LogP contribution in [0.15, 0.2) is 214 Å². The Morgan fingerprint density at radius 3 is 2.00 bits per heavy atom. The second-order valence-electron chi connectivity index (χ2n) is 14.1. The normalized spacial score (nSPS) is 12.2. The first-order chi connectivity index (χ1) is 28.2. The Balaban J connectivity index is 1.10. The molecule has 0 spiro atoms. The van der Waals surface area contributed by atoms with Crippen molar-refractivity contribution in [3.8, 4) is 27.9 Å². The smallest absolute Gasteiger partial charge is 0.161 e. The molecule has 0 saturated carbocycles. The number of benzene rings is 8. The van der Waals surface area contributed by atoms with E-state index in [1.54, 1.807) is 0 Å². The largest absolute Gasteiger partial charge is 0.456 e. The molecule has 57 heavy (non-hydrogen) atoms. The Kier molecular flexibility index (Phi) is 8.65. The predicted octanol–water partition coefficient (Wildman–Crippen LogP) is 13.1. The van der Waals surface area contributed by atoms with Crippen molar-refractivity contribution in [2.45, 2.75) is 6.54 Å². The molecule has 0 unspecified atom stereocenters. The van der Waals surface area contributed by atoms with Gasteiger partial charge in [0.15, 0.2) is 11.7 Å². The highest BCUT2D eigenvalue weighted by Crippen LogP contribution is 2.40. The van der Waals surface area contributed by atoms with Crippen molar-refractivity contribution < 1.29 is 4.42 Å². The molecule has 5 heteroatoms. The van der Waals surface area contributed by atoms with Gasteiger partial charge >= 0.3 is 0 Å². The van der Waals surface area contributed by atoms with E-state index in [0.717, 1.165) is 77.6 Å². The van der Waals surface area contributed by atoms with E-state index >= 15 is 0 Å². The first-order valence-electron chi connectivity index (χ1n) is 19.1. The molecule has 270 valence electrons. The zero-order valence-electron chi connectivity index (χ0n) is 31.1. The highest BCUT2D eigenvalue weighted by molar-refractivity contribution is 6.16. The van der Waals surface area contributed by atoms with Gasteiger partial charge in [-0.25, -0.2) is 9.98 Å². The standard InChI is InChI=1S/C52H36N4O/c1-53-51(39-20-12-19-37(31-39)36-17-6-3-7-18-36)55-52(54-34-35-15-4-2-5-16-35)40-21-13-22-41(32-40)56-46-26-10-8-23-43(46)45-33-38(29-30-47(45)56)42-25-14-28-49-50(42)44-24-9-11-27-48(44)57-49/h2-33H,1,34H2/b54-52-,55-51-. The molecule has 2 aromatic heterocycles. The van der Waals surface area contributed by atoms with E-state index in [1.165, 1.54) is 10.8 Å². The van der Waals surface area contributed by atoms with Crippen LogP contribution in [0.25, 0.3) is 71.7 Å². The lowest BCUT2D eigenvalue weighted by molar-refractivity contribution is 0.669.